The molecule has 116 valence electrons. The number of aromatic nitrogens is 1. The average molecular weight is 313 g/mol. The van der Waals surface area contributed by atoms with Crippen molar-refractivity contribution in [3.63, 3.8) is 0 Å². The van der Waals surface area contributed by atoms with Gasteiger partial charge in [-0.2, -0.15) is 0 Å². The number of ether oxygens (including phenoxy) is 2. The number of nitrogens with zero attached hydrogens (tertiary/aromatic N) is 2. The lowest BCUT2D eigenvalue weighted by molar-refractivity contribution is 0.0123. The molecule has 2 heterocycles. The molecule has 1 aliphatic rings. The highest BCUT2D eigenvalue weighted by molar-refractivity contribution is 6.29. The van der Waals surface area contributed by atoms with Crippen LogP contribution in [0.3, 0.4) is 0 Å². The summed E-state index contributed by atoms with van der Waals surface area (Å²) < 4.78 is 11.2. The number of rotatable bonds is 2. The van der Waals surface area contributed by atoms with Crippen LogP contribution in [0.25, 0.3) is 0 Å². The Bertz CT molecular complexity index is 494. The number of hydrogen-bond donors (Lipinski definition) is 0. The molecule has 0 radical (unpaired) electrons. The first-order valence-corrected chi connectivity index (χ1v) is 7.48. The van der Waals surface area contributed by atoms with Gasteiger partial charge in [-0.05, 0) is 26.8 Å². The molecule has 0 N–H and O–H groups in total. The van der Waals surface area contributed by atoms with Gasteiger partial charge in [0.05, 0.1) is 0 Å². The molecule has 1 aromatic rings. The Balaban J connectivity index is 1.82. The van der Waals surface area contributed by atoms with Crippen LogP contribution in [0.2, 0.25) is 5.15 Å². The zero-order chi connectivity index (χ0) is 15.5. The van der Waals surface area contributed by atoms with Crippen LogP contribution < -0.4 is 4.74 Å². The van der Waals surface area contributed by atoms with Crippen molar-refractivity contribution in [3.8, 4) is 5.88 Å². The molecule has 5 nitrogen and oxygen atoms in total. The maximum absolute atomic E-state index is 12.0. The van der Waals surface area contributed by atoms with Gasteiger partial charge in [0.1, 0.15) is 16.9 Å². The number of carbonyl (C=O) groups excluding carboxylic acids is 1. The maximum atomic E-state index is 12.0. The zero-order valence-corrected chi connectivity index (χ0v) is 13.4. The molecule has 0 spiro atoms. The third kappa shape index (κ3) is 5.08. The van der Waals surface area contributed by atoms with Crippen molar-refractivity contribution in [1.82, 2.24) is 9.88 Å². The Morgan fingerprint density at radius 2 is 2.00 bits per heavy atom. The largest absolute Gasteiger partial charge is 0.474 e. The van der Waals surface area contributed by atoms with E-state index in [1.807, 2.05) is 20.8 Å². The van der Waals surface area contributed by atoms with Crippen molar-refractivity contribution < 1.29 is 14.3 Å². The van der Waals surface area contributed by atoms with E-state index in [2.05, 4.69) is 4.98 Å². The van der Waals surface area contributed by atoms with E-state index in [-0.39, 0.29) is 12.2 Å². The molecule has 21 heavy (non-hydrogen) atoms. The Labute approximate surface area is 130 Å². The van der Waals surface area contributed by atoms with Gasteiger partial charge in [-0.1, -0.05) is 17.7 Å². The minimum Gasteiger partial charge on any atom is -0.474 e. The quantitative estimate of drug-likeness (QED) is 0.784. The summed E-state index contributed by atoms with van der Waals surface area (Å²) in [5.41, 5.74) is -0.463. The number of halogens is 1. The van der Waals surface area contributed by atoms with Crippen LogP contribution in [-0.2, 0) is 4.74 Å². The second-order valence-corrected chi connectivity index (χ2v) is 6.47. The molecule has 2 rings (SSSR count). The van der Waals surface area contributed by atoms with Gasteiger partial charge in [-0.25, -0.2) is 9.78 Å². The number of carbonyl (C=O) groups is 1. The van der Waals surface area contributed by atoms with Crippen molar-refractivity contribution in [2.75, 3.05) is 13.1 Å². The molecule has 0 unspecified atom stereocenters. The first-order chi connectivity index (χ1) is 9.83. The van der Waals surface area contributed by atoms with Gasteiger partial charge in [-0.3, -0.25) is 0 Å². The normalized spacial score (nSPS) is 16.7. The van der Waals surface area contributed by atoms with Gasteiger partial charge in [-0.15, -0.1) is 0 Å². The number of pyridine rings is 1. The lowest BCUT2D eigenvalue weighted by Crippen LogP contribution is -2.44. The third-order valence-corrected chi connectivity index (χ3v) is 3.28. The molecule has 0 saturated carbocycles. The van der Waals surface area contributed by atoms with Gasteiger partial charge in [0, 0.05) is 32.0 Å². The van der Waals surface area contributed by atoms with E-state index in [9.17, 15) is 4.79 Å². The first kappa shape index (κ1) is 15.9. The molecule has 1 amide bonds. The fourth-order valence-electron chi connectivity index (χ4n) is 2.11. The second kappa shape index (κ2) is 6.52. The zero-order valence-electron chi connectivity index (χ0n) is 12.6. The maximum Gasteiger partial charge on any atom is 0.410 e. The highest BCUT2D eigenvalue weighted by Crippen LogP contribution is 2.20. The topological polar surface area (TPSA) is 51.7 Å². The molecule has 0 atom stereocenters. The summed E-state index contributed by atoms with van der Waals surface area (Å²) in [6.45, 7) is 6.85. The lowest BCUT2D eigenvalue weighted by atomic mass is 10.1. The smallest absolute Gasteiger partial charge is 0.410 e. The van der Waals surface area contributed by atoms with Crippen LogP contribution in [0.4, 0.5) is 4.79 Å². The number of hydrogen-bond acceptors (Lipinski definition) is 4. The Hall–Kier alpha value is -1.49. The SMILES string of the molecule is CC(C)(C)OC(=O)N1CCC(Oc2cccc(Cl)n2)CC1. The third-order valence-electron chi connectivity index (χ3n) is 3.07. The molecule has 6 heteroatoms. The molecule has 0 aliphatic carbocycles. The van der Waals surface area contributed by atoms with Crippen molar-refractivity contribution >= 4 is 17.7 Å². The van der Waals surface area contributed by atoms with E-state index >= 15 is 0 Å². The minimum absolute atomic E-state index is 0.0506. The van der Waals surface area contributed by atoms with Gasteiger partial charge in [0.2, 0.25) is 5.88 Å². The molecule has 1 aromatic heterocycles. The molecular weight excluding hydrogens is 292 g/mol. The molecule has 1 saturated heterocycles. The van der Waals surface area contributed by atoms with Gasteiger partial charge in [0.15, 0.2) is 0 Å². The summed E-state index contributed by atoms with van der Waals surface area (Å²) in [4.78, 5) is 17.8. The molecular formula is C15H21ClN2O3. The molecule has 1 aliphatic heterocycles. The summed E-state index contributed by atoms with van der Waals surface area (Å²) >= 11 is 5.83. The second-order valence-electron chi connectivity index (χ2n) is 6.08. The highest BCUT2D eigenvalue weighted by Gasteiger charge is 2.27. The van der Waals surface area contributed by atoms with Crippen molar-refractivity contribution in [2.24, 2.45) is 0 Å². The monoisotopic (exact) mass is 312 g/mol. The molecule has 0 bridgehead atoms. The Morgan fingerprint density at radius 1 is 1.33 bits per heavy atom. The lowest BCUT2D eigenvalue weighted by Gasteiger charge is -2.33. The van der Waals surface area contributed by atoms with E-state index in [4.69, 9.17) is 21.1 Å². The number of amides is 1. The fraction of sp³-hybridized carbons (Fsp3) is 0.600. The summed E-state index contributed by atoms with van der Waals surface area (Å²) in [5, 5.41) is 0.415. The van der Waals surface area contributed by atoms with Crippen molar-refractivity contribution in [1.29, 1.82) is 0 Å². The summed E-state index contributed by atoms with van der Waals surface area (Å²) in [6.07, 6.45) is 1.30. The van der Waals surface area contributed by atoms with Crippen molar-refractivity contribution in [2.45, 2.75) is 45.3 Å². The van der Waals surface area contributed by atoms with Crippen LogP contribution in [0, 0.1) is 0 Å². The molecule has 1 fully saturated rings. The van der Waals surface area contributed by atoms with E-state index in [1.54, 1.807) is 23.1 Å². The summed E-state index contributed by atoms with van der Waals surface area (Å²) in [6, 6.07) is 5.30. The number of likely N-dealkylation sites (tertiary alicyclic amines) is 1. The van der Waals surface area contributed by atoms with Gasteiger partial charge in [0.25, 0.3) is 0 Å². The van der Waals surface area contributed by atoms with E-state index in [0.717, 1.165) is 12.8 Å². The van der Waals surface area contributed by atoms with E-state index in [1.165, 1.54) is 0 Å². The Kier molecular flexibility index (Phi) is 4.93. The highest BCUT2D eigenvalue weighted by atomic mass is 35.5. The first-order valence-electron chi connectivity index (χ1n) is 7.10. The Morgan fingerprint density at radius 3 is 2.57 bits per heavy atom. The van der Waals surface area contributed by atoms with Gasteiger partial charge >= 0.3 is 6.09 Å². The summed E-state index contributed by atoms with van der Waals surface area (Å²) in [5.74, 6) is 0.526. The van der Waals surface area contributed by atoms with Crippen LogP contribution in [0.5, 0.6) is 5.88 Å². The standard InChI is InChI=1S/C15H21ClN2O3/c1-15(2,3)21-14(19)18-9-7-11(8-10-18)20-13-6-4-5-12(16)17-13/h4-6,11H,7-10H2,1-3H3. The molecule has 0 aromatic carbocycles. The fourth-order valence-corrected chi connectivity index (χ4v) is 2.26. The van der Waals surface area contributed by atoms with E-state index in [0.29, 0.717) is 24.1 Å². The van der Waals surface area contributed by atoms with Crippen LogP contribution >= 0.6 is 11.6 Å². The van der Waals surface area contributed by atoms with Crippen LogP contribution in [0.1, 0.15) is 33.6 Å². The van der Waals surface area contributed by atoms with Crippen LogP contribution in [-0.4, -0.2) is 40.8 Å². The summed E-state index contributed by atoms with van der Waals surface area (Å²) in [7, 11) is 0. The van der Waals surface area contributed by atoms with E-state index < -0.39 is 5.60 Å². The van der Waals surface area contributed by atoms with Crippen LogP contribution in [0.15, 0.2) is 18.2 Å². The minimum atomic E-state index is -0.463. The van der Waals surface area contributed by atoms with Crippen molar-refractivity contribution in [3.05, 3.63) is 23.4 Å². The average Bonchev–Trinajstić information content (AvgIpc) is 2.37. The predicted molar refractivity (Wildman–Crippen MR) is 80.7 cm³/mol. The van der Waals surface area contributed by atoms with Gasteiger partial charge < -0.3 is 14.4 Å². The number of piperidine rings is 1. The predicted octanol–water partition coefficient (Wildman–Crippen LogP) is 3.51.